The first kappa shape index (κ1) is 24.0. The summed E-state index contributed by atoms with van der Waals surface area (Å²) in [5, 5.41) is 15.8. The monoisotopic (exact) mass is 478 g/mol. The van der Waals surface area contributed by atoms with E-state index >= 15 is 0 Å². The van der Waals surface area contributed by atoms with E-state index in [1.807, 2.05) is 6.07 Å². The molecule has 1 saturated heterocycles. The number of carbonyl (C=O) groups is 3. The van der Waals surface area contributed by atoms with Crippen LogP contribution in [-0.2, 0) is 28.0 Å². The Balaban J connectivity index is 1.50. The summed E-state index contributed by atoms with van der Waals surface area (Å²) in [7, 11) is 0. The Morgan fingerprint density at radius 3 is 2.68 bits per heavy atom. The van der Waals surface area contributed by atoms with Crippen molar-refractivity contribution in [3.63, 3.8) is 0 Å². The van der Waals surface area contributed by atoms with Gasteiger partial charge in [0.15, 0.2) is 0 Å². The van der Waals surface area contributed by atoms with Gasteiger partial charge in [0, 0.05) is 4.88 Å². The number of thiophene rings is 1. The van der Waals surface area contributed by atoms with Crippen molar-refractivity contribution in [3.8, 4) is 6.07 Å². The summed E-state index contributed by atoms with van der Waals surface area (Å²) in [5.74, 6) is -0.448. The molecule has 2 N–H and O–H groups in total. The van der Waals surface area contributed by atoms with Crippen molar-refractivity contribution >= 4 is 34.2 Å². The Kier molecular flexibility index (Phi) is 6.26. The Morgan fingerprint density at radius 2 is 2.03 bits per heavy atom. The Hall–Kier alpha value is -3.18. The summed E-state index contributed by atoms with van der Waals surface area (Å²) in [6.07, 6.45) is 3.82. The lowest BCUT2D eigenvalue weighted by Gasteiger charge is -2.36. The number of urea groups is 1. The highest BCUT2D eigenvalue weighted by Crippen LogP contribution is 2.45. The molecule has 1 aromatic heterocycles. The van der Waals surface area contributed by atoms with Gasteiger partial charge in [-0.3, -0.25) is 14.5 Å². The maximum absolute atomic E-state index is 13.1. The maximum Gasteiger partial charge on any atom is 0.325 e. The molecule has 2 atom stereocenters. The molecule has 7 nitrogen and oxygen atoms in total. The zero-order valence-electron chi connectivity index (χ0n) is 20.0. The average molecular weight is 479 g/mol. The van der Waals surface area contributed by atoms with Gasteiger partial charge in [0.1, 0.15) is 23.2 Å². The number of amides is 4. The third-order valence-electron chi connectivity index (χ3n) is 7.57. The van der Waals surface area contributed by atoms with Gasteiger partial charge in [-0.2, -0.15) is 5.26 Å². The summed E-state index contributed by atoms with van der Waals surface area (Å²) < 4.78 is 0. The van der Waals surface area contributed by atoms with Crippen LogP contribution in [0.25, 0.3) is 0 Å². The number of nitriles is 1. The quantitative estimate of drug-likeness (QED) is 0.594. The van der Waals surface area contributed by atoms with E-state index in [2.05, 4.69) is 37.5 Å². The van der Waals surface area contributed by atoms with E-state index in [1.54, 1.807) is 31.2 Å². The number of rotatable bonds is 6. The van der Waals surface area contributed by atoms with Gasteiger partial charge >= 0.3 is 6.03 Å². The van der Waals surface area contributed by atoms with E-state index in [1.165, 1.54) is 11.3 Å². The van der Waals surface area contributed by atoms with E-state index in [-0.39, 0.29) is 5.41 Å². The van der Waals surface area contributed by atoms with Gasteiger partial charge in [0.2, 0.25) is 5.91 Å². The predicted molar refractivity (Wildman–Crippen MR) is 131 cm³/mol. The molecule has 1 aromatic carbocycles. The van der Waals surface area contributed by atoms with Crippen LogP contribution in [-0.4, -0.2) is 29.3 Å². The molecule has 4 amide bonds. The summed E-state index contributed by atoms with van der Waals surface area (Å²) in [5.41, 5.74) is 1.18. The zero-order valence-corrected chi connectivity index (χ0v) is 20.8. The highest BCUT2D eigenvalue weighted by Gasteiger charge is 2.49. The number of hydrogen-bond donors (Lipinski definition) is 2. The second-order valence-corrected chi connectivity index (χ2v) is 11.1. The summed E-state index contributed by atoms with van der Waals surface area (Å²) in [4.78, 5) is 40.6. The van der Waals surface area contributed by atoms with E-state index in [9.17, 15) is 19.6 Å². The Bertz CT molecular complexity index is 1180. The molecule has 1 aliphatic carbocycles. The fourth-order valence-electron chi connectivity index (χ4n) is 4.87. The number of fused-ring (bicyclic) bond motifs is 1. The van der Waals surface area contributed by atoms with E-state index in [0.717, 1.165) is 41.0 Å². The molecule has 0 bridgehead atoms. The SMILES string of the molecule is CCC(C)(C)[C@H]1CCc2c(sc(NC(=O)CN3C(=O)N[C@@](C)(c4ccccc4)C3=O)c2C#N)C1. The molecule has 1 fully saturated rings. The molecule has 4 rings (SSSR count). The first-order valence-corrected chi connectivity index (χ1v) is 12.5. The van der Waals surface area contributed by atoms with Gasteiger partial charge in [-0.1, -0.05) is 57.5 Å². The predicted octanol–water partition coefficient (Wildman–Crippen LogP) is 4.57. The van der Waals surface area contributed by atoms with Crippen molar-refractivity contribution in [1.29, 1.82) is 5.26 Å². The molecule has 2 aromatic rings. The van der Waals surface area contributed by atoms with Crippen LogP contribution < -0.4 is 10.6 Å². The minimum atomic E-state index is -1.22. The molecule has 0 unspecified atom stereocenters. The molecule has 178 valence electrons. The molecular formula is C26H30N4O3S. The summed E-state index contributed by atoms with van der Waals surface area (Å²) in [6.45, 7) is 7.99. The Labute approximate surface area is 204 Å². The lowest BCUT2D eigenvalue weighted by molar-refractivity contribution is -0.133. The average Bonchev–Trinajstić information content (AvgIpc) is 3.28. The number of carbonyl (C=O) groups excluding carboxylic acids is 3. The third kappa shape index (κ3) is 4.09. The van der Waals surface area contributed by atoms with Crippen LogP contribution in [0, 0.1) is 22.7 Å². The van der Waals surface area contributed by atoms with Crippen molar-refractivity contribution in [2.45, 2.75) is 58.9 Å². The highest BCUT2D eigenvalue weighted by atomic mass is 32.1. The fraction of sp³-hybridized carbons (Fsp3) is 0.462. The number of benzene rings is 1. The number of anilines is 1. The lowest BCUT2D eigenvalue weighted by Crippen LogP contribution is -2.42. The number of imide groups is 1. The topological polar surface area (TPSA) is 102 Å². The highest BCUT2D eigenvalue weighted by molar-refractivity contribution is 7.16. The van der Waals surface area contributed by atoms with Gasteiger partial charge in [-0.15, -0.1) is 11.3 Å². The molecule has 34 heavy (non-hydrogen) atoms. The second kappa shape index (κ2) is 8.88. The van der Waals surface area contributed by atoms with E-state index in [0.29, 0.717) is 22.0 Å². The molecule has 1 aliphatic heterocycles. The van der Waals surface area contributed by atoms with Crippen LogP contribution in [0.3, 0.4) is 0 Å². The van der Waals surface area contributed by atoms with Gasteiger partial charge in [-0.25, -0.2) is 4.79 Å². The Morgan fingerprint density at radius 1 is 1.32 bits per heavy atom. The van der Waals surface area contributed by atoms with Crippen molar-refractivity contribution in [3.05, 3.63) is 51.9 Å². The number of hydrogen-bond acceptors (Lipinski definition) is 5. The van der Waals surface area contributed by atoms with E-state index in [4.69, 9.17) is 0 Å². The van der Waals surface area contributed by atoms with Crippen LogP contribution in [0.2, 0.25) is 0 Å². The molecule has 2 heterocycles. The zero-order chi connectivity index (χ0) is 24.7. The maximum atomic E-state index is 13.1. The number of nitrogens with zero attached hydrogens (tertiary/aromatic N) is 2. The van der Waals surface area contributed by atoms with Crippen LogP contribution in [0.5, 0.6) is 0 Å². The van der Waals surface area contributed by atoms with Crippen LogP contribution in [0.15, 0.2) is 30.3 Å². The van der Waals surface area contributed by atoms with Crippen LogP contribution >= 0.6 is 11.3 Å². The standard InChI is InChI=1S/C26H30N4O3S/c1-5-25(2,3)17-11-12-18-19(14-27)22(34-20(18)13-17)28-21(31)15-30-23(32)26(4,29-24(30)33)16-9-7-6-8-10-16/h6-10,17H,5,11-13,15H2,1-4H3,(H,28,31)(H,29,33)/t17-,26-/m0/s1. The van der Waals surface area contributed by atoms with Crippen LogP contribution in [0.1, 0.15) is 62.1 Å². The van der Waals surface area contributed by atoms with Crippen molar-refractivity contribution in [1.82, 2.24) is 10.2 Å². The molecule has 0 spiro atoms. The molecule has 0 radical (unpaired) electrons. The lowest BCUT2D eigenvalue weighted by atomic mass is 9.69. The first-order chi connectivity index (χ1) is 16.1. The minimum absolute atomic E-state index is 0.215. The fourth-order valence-corrected chi connectivity index (χ4v) is 6.16. The van der Waals surface area contributed by atoms with Crippen molar-refractivity contribution < 1.29 is 14.4 Å². The first-order valence-electron chi connectivity index (χ1n) is 11.6. The van der Waals surface area contributed by atoms with Gasteiger partial charge in [0.05, 0.1) is 5.56 Å². The summed E-state index contributed by atoms with van der Waals surface area (Å²) in [6, 6.07) is 10.6. The largest absolute Gasteiger partial charge is 0.325 e. The van der Waals surface area contributed by atoms with Gasteiger partial charge in [0.25, 0.3) is 5.91 Å². The summed E-state index contributed by atoms with van der Waals surface area (Å²) >= 11 is 1.44. The van der Waals surface area contributed by atoms with Crippen LogP contribution in [0.4, 0.5) is 9.80 Å². The van der Waals surface area contributed by atoms with Gasteiger partial charge < -0.3 is 10.6 Å². The molecule has 0 saturated carbocycles. The minimum Gasteiger partial charge on any atom is -0.319 e. The van der Waals surface area contributed by atoms with Gasteiger partial charge in [-0.05, 0) is 48.6 Å². The molecular weight excluding hydrogens is 448 g/mol. The normalized spacial score (nSPS) is 22.2. The van der Waals surface area contributed by atoms with Crippen molar-refractivity contribution in [2.75, 3.05) is 11.9 Å². The van der Waals surface area contributed by atoms with E-state index < -0.39 is 29.9 Å². The second-order valence-electron chi connectivity index (χ2n) is 9.96. The van der Waals surface area contributed by atoms with Crippen molar-refractivity contribution in [2.24, 2.45) is 11.3 Å². The molecule has 2 aliphatic rings. The number of nitrogens with one attached hydrogen (secondary N) is 2. The smallest absolute Gasteiger partial charge is 0.319 e. The molecule has 8 heteroatoms. The third-order valence-corrected chi connectivity index (χ3v) is 8.74.